The minimum atomic E-state index is -0.826. The van der Waals surface area contributed by atoms with Gasteiger partial charge in [-0.05, 0) is 53.6 Å². The molecule has 27 heavy (non-hydrogen) atoms. The zero-order chi connectivity index (χ0) is 20.0. The van der Waals surface area contributed by atoms with Crippen molar-refractivity contribution in [2.24, 2.45) is 11.8 Å². The molecule has 146 valence electrons. The smallest absolute Gasteiger partial charge is 0.303 e. The molecular weight excluding hydrogens is 342 g/mol. The summed E-state index contributed by atoms with van der Waals surface area (Å²) in [5.74, 6) is -0.0736. The van der Waals surface area contributed by atoms with E-state index in [1.165, 1.54) is 0 Å². The number of fused-ring (bicyclic) bond motifs is 1. The number of amides is 1. The fourth-order valence-corrected chi connectivity index (χ4v) is 3.34. The maximum absolute atomic E-state index is 12.6. The Morgan fingerprint density at radius 3 is 2.37 bits per heavy atom. The first kappa shape index (κ1) is 20.7. The molecule has 0 bridgehead atoms. The van der Waals surface area contributed by atoms with Gasteiger partial charge >= 0.3 is 5.97 Å². The molecule has 5 heteroatoms. The van der Waals surface area contributed by atoms with E-state index in [0.717, 1.165) is 28.5 Å². The molecule has 0 fully saturated rings. The fraction of sp³-hybridized carbons (Fsp3) is 0.455. The van der Waals surface area contributed by atoms with E-state index in [9.17, 15) is 9.59 Å². The molecule has 0 aliphatic heterocycles. The van der Waals surface area contributed by atoms with Gasteiger partial charge in [0.25, 0.3) is 0 Å². The van der Waals surface area contributed by atoms with Crippen LogP contribution in [0.2, 0.25) is 0 Å². The number of ether oxygens (including phenoxy) is 1. The molecule has 0 aliphatic carbocycles. The number of carboxylic acid groups (broad SMARTS) is 1. The Morgan fingerprint density at radius 1 is 1.07 bits per heavy atom. The van der Waals surface area contributed by atoms with Gasteiger partial charge < -0.3 is 15.2 Å². The molecule has 2 rings (SSSR count). The highest BCUT2D eigenvalue weighted by atomic mass is 16.5. The van der Waals surface area contributed by atoms with Crippen LogP contribution in [0.15, 0.2) is 36.4 Å². The van der Waals surface area contributed by atoms with E-state index in [-0.39, 0.29) is 24.2 Å². The monoisotopic (exact) mass is 371 g/mol. The van der Waals surface area contributed by atoms with Gasteiger partial charge in [0.05, 0.1) is 13.0 Å². The second kappa shape index (κ2) is 9.40. The third-order valence-corrected chi connectivity index (χ3v) is 4.80. The van der Waals surface area contributed by atoms with E-state index in [2.05, 4.69) is 19.2 Å². The van der Waals surface area contributed by atoms with Crippen molar-refractivity contribution in [3.05, 3.63) is 42.0 Å². The number of hydrogen-bond acceptors (Lipinski definition) is 3. The van der Waals surface area contributed by atoms with Crippen molar-refractivity contribution >= 4 is 22.6 Å². The second-order valence-corrected chi connectivity index (χ2v) is 7.53. The number of hydrogen-bond donors (Lipinski definition) is 2. The summed E-state index contributed by atoms with van der Waals surface area (Å²) < 4.78 is 5.24. The standard InChI is InChI=1S/C22H29NO4/c1-14(2)9-16(10-21(24)25)13-23-22(26)15(3)17-5-6-19-12-20(27-4)8-7-18(19)11-17/h5-8,11-12,14-16H,9-10,13H2,1-4H3,(H,23,26)(H,24,25)/t15-,16-/m0/s1. The summed E-state index contributed by atoms with van der Waals surface area (Å²) in [6, 6.07) is 11.8. The fourth-order valence-electron chi connectivity index (χ4n) is 3.34. The van der Waals surface area contributed by atoms with E-state index >= 15 is 0 Å². The van der Waals surface area contributed by atoms with Gasteiger partial charge in [-0.2, -0.15) is 0 Å². The number of methoxy groups -OCH3 is 1. The van der Waals surface area contributed by atoms with Crippen LogP contribution in [-0.4, -0.2) is 30.6 Å². The quantitative estimate of drug-likeness (QED) is 0.692. The molecule has 2 N–H and O–H groups in total. The van der Waals surface area contributed by atoms with Gasteiger partial charge in [0.2, 0.25) is 5.91 Å². The molecule has 0 saturated carbocycles. The zero-order valence-electron chi connectivity index (χ0n) is 16.5. The summed E-state index contributed by atoms with van der Waals surface area (Å²) >= 11 is 0. The molecule has 0 radical (unpaired) electrons. The number of nitrogens with one attached hydrogen (secondary N) is 1. The van der Waals surface area contributed by atoms with Crippen molar-refractivity contribution in [2.45, 2.75) is 39.5 Å². The van der Waals surface area contributed by atoms with Gasteiger partial charge in [-0.15, -0.1) is 0 Å². The average Bonchev–Trinajstić information content (AvgIpc) is 2.63. The van der Waals surface area contributed by atoms with Crippen LogP contribution in [0.3, 0.4) is 0 Å². The number of rotatable bonds is 9. The van der Waals surface area contributed by atoms with Gasteiger partial charge in [0.15, 0.2) is 0 Å². The van der Waals surface area contributed by atoms with E-state index in [1.54, 1.807) is 7.11 Å². The maximum Gasteiger partial charge on any atom is 0.303 e. The predicted molar refractivity (Wildman–Crippen MR) is 107 cm³/mol. The molecule has 0 heterocycles. The summed E-state index contributed by atoms with van der Waals surface area (Å²) in [5.41, 5.74) is 0.934. The molecule has 0 unspecified atom stereocenters. The lowest BCUT2D eigenvalue weighted by Gasteiger charge is -2.20. The first-order valence-corrected chi connectivity index (χ1v) is 9.37. The Labute approximate surface area is 160 Å². The van der Waals surface area contributed by atoms with Crippen molar-refractivity contribution in [1.82, 2.24) is 5.32 Å². The van der Waals surface area contributed by atoms with E-state index < -0.39 is 5.97 Å². The lowest BCUT2D eigenvalue weighted by atomic mass is 9.93. The van der Waals surface area contributed by atoms with Crippen molar-refractivity contribution in [2.75, 3.05) is 13.7 Å². The second-order valence-electron chi connectivity index (χ2n) is 7.53. The lowest BCUT2D eigenvalue weighted by Crippen LogP contribution is -2.33. The minimum absolute atomic E-state index is 0.0530. The van der Waals surface area contributed by atoms with Crippen LogP contribution < -0.4 is 10.1 Å². The molecule has 0 aliphatic rings. The summed E-state index contributed by atoms with van der Waals surface area (Å²) in [4.78, 5) is 23.6. The van der Waals surface area contributed by atoms with Crippen LogP contribution in [-0.2, 0) is 9.59 Å². The average molecular weight is 371 g/mol. The summed E-state index contributed by atoms with van der Waals surface area (Å²) in [7, 11) is 1.64. The lowest BCUT2D eigenvalue weighted by molar-refractivity contribution is -0.138. The number of carbonyl (C=O) groups is 2. The van der Waals surface area contributed by atoms with Crippen LogP contribution >= 0.6 is 0 Å². The van der Waals surface area contributed by atoms with E-state index in [0.29, 0.717) is 12.5 Å². The zero-order valence-corrected chi connectivity index (χ0v) is 16.5. The van der Waals surface area contributed by atoms with Crippen molar-refractivity contribution in [3.8, 4) is 5.75 Å². The predicted octanol–water partition coefficient (Wildman–Crippen LogP) is 4.21. The Kier molecular flexibility index (Phi) is 7.22. The minimum Gasteiger partial charge on any atom is -0.497 e. The van der Waals surface area contributed by atoms with Crippen LogP contribution in [0.4, 0.5) is 0 Å². The van der Waals surface area contributed by atoms with Crippen LogP contribution in [0.25, 0.3) is 10.8 Å². The normalized spacial score (nSPS) is 13.4. The largest absolute Gasteiger partial charge is 0.497 e. The number of benzene rings is 2. The van der Waals surface area contributed by atoms with Gasteiger partial charge in [0.1, 0.15) is 5.75 Å². The third-order valence-electron chi connectivity index (χ3n) is 4.80. The van der Waals surface area contributed by atoms with Crippen molar-refractivity contribution in [3.63, 3.8) is 0 Å². The Bertz CT molecular complexity index is 800. The van der Waals surface area contributed by atoms with Gasteiger partial charge in [-0.25, -0.2) is 0 Å². The molecule has 0 saturated heterocycles. The van der Waals surface area contributed by atoms with Crippen molar-refractivity contribution < 1.29 is 19.4 Å². The van der Waals surface area contributed by atoms with Gasteiger partial charge in [-0.3, -0.25) is 9.59 Å². The molecular formula is C22H29NO4. The summed E-state index contributed by atoms with van der Waals surface area (Å²) in [6.45, 7) is 6.37. The molecule has 0 aromatic heterocycles. The molecule has 2 aromatic rings. The summed E-state index contributed by atoms with van der Waals surface area (Å²) in [6.07, 6.45) is 0.851. The van der Waals surface area contributed by atoms with Crippen LogP contribution in [0, 0.1) is 11.8 Å². The number of carbonyl (C=O) groups excluding carboxylic acids is 1. The van der Waals surface area contributed by atoms with Crippen LogP contribution in [0.5, 0.6) is 5.75 Å². The SMILES string of the molecule is COc1ccc2cc([C@H](C)C(=O)NC[C@H](CC(=O)O)CC(C)C)ccc2c1. The Morgan fingerprint density at radius 2 is 1.74 bits per heavy atom. The first-order valence-electron chi connectivity index (χ1n) is 9.37. The molecule has 2 aromatic carbocycles. The number of aliphatic carboxylic acids is 1. The Hall–Kier alpha value is -2.56. The topological polar surface area (TPSA) is 75.6 Å². The summed E-state index contributed by atoms with van der Waals surface area (Å²) in [5, 5.41) is 14.1. The van der Waals surface area contributed by atoms with E-state index in [4.69, 9.17) is 9.84 Å². The Balaban J connectivity index is 2.05. The highest BCUT2D eigenvalue weighted by molar-refractivity contribution is 5.88. The third kappa shape index (κ3) is 5.98. The molecule has 2 atom stereocenters. The van der Waals surface area contributed by atoms with E-state index in [1.807, 2.05) is 43.3 Å². The van der Waals surface area contributed by atoms with Crippen molar-refractivity contribution in [1.29, 1.82) is 0 Å². The molecule has 5 nitrogen and oxygen atoms in total. The maximum atomic E-state index is 12.6. The van der Waals surface area contributed by atoms with Crippen LogP contribution in [0.1, 0.15) is 45.1 Å². The van der Waals surface area contributed by atoms with Gasteiger partial charge in [0, 0.05) is 13.0 Å². The first-order chi connectivity index (χ1) is 12.8. The highest BCUT2D eigenvalue weighted by Gasteiger charge is 2.19. The molecule has 1 amide bonds. The highest BCUT2D eigenvalue weighted by Crippen LogP contribution is 2.25. The molecule has 0 spiro atoms. The number of carboxylic acids is 1. The van der Waals surface area contributed by atoms with Gasteiger partial charge in [-0.1, -0.05) is 38.1 Å².